The molecule has 3 rings (SSSR count). The third kappa shape index (κ3) is 2.90. The summed E-state index contributed by atoms with van der Waals surface area (Å²) in [6, 6.07) is 14.4. The molecule has 0 aliphatic rings. The van der Waals surface area contributed by atoms with Gasteiger partial charge in [-0.3, -0.25) is 4.98 Å². The second kappa shape index (κ2) is 5.82. The van der Waals surface area contributed by atoms with Gasteiger partial charge in [-0.1, -0.05) is 30.3 Å². The van der Waals surface area contributed by atoms with Crippen molar-refractivity contribution in [3.8, 4) is 5.75 Å². The number of hydrogen-bond donors (Lipinski definition) is 0. The molecule has 106 valence electrons. The third-order valence-electron chi connectivity index (χ3n) is 3.23. The van der Waals surface area contributed by atoms with Gasteiger partial charge in [0.1, 0.15) is 18.2 Å². The predicted molar refractivity (Wildman–Crippen MR) is 84.9 cm³/mol. The van der Waals surface area contributed by atoms with Crippen molar-refractivity contribution in [2.45, 2.75) is 13.5 Å². The van der Waals surface area contributed by atoms with Crippen LogP contribution in [0.3, 0.4) is 0 Å². The van der Waals surface area contributed by atoms with E-state index < -0.39 is 0 Å². The molecule has 0 aliphatic carbocycles. The largest absolute Gasteiger partial charge is 0.487 e. The molecule has 0 saturated heterocycles. The number of ether oxygens (including phenoxy) is 1. The van der Waals surface area contributed by atoms with Gasteiger partial charge in [0.25, 0.3) is 0 Å². The number of fused-ring (bicyclic) bond motifs is 1. The number of pyridine rings is 1. The average molecular weight is 346 g/mol. The van der Waals surface area contributed by atoms with E-state index in [0.717, 1.165) is 21.2 Å². The number of benzene rings is 2. The fourth-order valence-corrected chi connectivity index (χ4v) is 2.59. The highest BCUT2D eigenvalue weighted by atomic mass is 79.9. The predicted octanol–water partition coefficient (Wildman–Crippen LogP) is 5.02. The zero-order valence-corrected chi connectivity index (χ0v) is 13.0. The minimum Gasteiger partial charge on any atom is -0.487 e. The van der Waals surface area contributed by atoms with Gasteiger partial charge in [-0.25, -0.2) is 4.39 Å². The summed E-state index contributed by atoms with van der Waals surface area (Å²) in [5, 5.41) is 0.670. The Morgan fingerprint density at radius 1 is 1.14 bits per heavy atom. The van der Waals surface area contributed by atoms with E-state index in [-0.39, 0.29) is 5.82 Å². The lowest BCUT2D eigenvalue weighted by Gasteiger charge is -2.13. The maximum absolute atomic E-state index is 13.5. The summed E-state index contributed by atoms with van der Waals surface area (Å²) in [6.45, 7) is 2.32. The highest BCUT2D eigenvalue weighted by Gasteiger charge is 2.13. The highest BCUT2D eigenvalue weighted by Crippen LogP contribution is 2.35. The number of nitrogens with zero attached hydrogens (tertiary/aromatic N) is 1. The van der Waals surface area contributed by atoms with Gasteiger partial charge in [-0.05, 0) is 46.6 Å². The minimum absolute atomic E-state index is 0.301. The molecule has 1 heterocycles. The molecule has 1 aromatic heterocycles. The van der Waals surface area contributed by atoms with Crippen LogP contribution < -0.4 is 4.74 Å². The molecule has 2 aromatic carbocycles. The summed E-state index contributed by atoms with van der Waals surface area (Å²) in [5.74, 6) is 0.325. The van der Waals surface area contributed by atoms with E-state index in [4.69, 9.17) is 4.74 Å². The summed E-state index contributed by atoms with van der Waals surface area (Å²) < 4.78 is 20.2. The zero-order valence-electron chi connectivity index (χ0n) is 11.4. The van der Waals surface area contributed by atoms with E-state index in [0.29, 0.717) is 17.7 Å². The number of hydrogen-bond acceptors (Lipinski definition) is 2. The normalized spacial score (nSPS) is 10.8. The molecule has 3 aromatic rings. The molecule has 0 bridgehead atoms. The van der Waals surface area contributed by atoms with Gasteiger partial charge in [0.2, 0.25) is 0 Å². The molecule has 2 nitrogen and oxygen atoms in total. The molecular weight excluding hydrogens is 333 g/mol. The fourth-order valence-electron chi connectivity index (χ4n) is 2.17. The van der Waals surface area contributed by atoms with Crippen LogP contribution in [0.4, 0.5) is 4.39 Å². The first-order chi connectivity index (χ1) is 10.1. The van der Waals surface area contributed by atoms with Crippen molar-refractivity contribution in [1.82, 2.24) is 4.98 Å². The molecule has 0 amide bonds. The summed E-state index contributed by atoms with van der Waals surface area (Å²) in [4.78, 5) is 4.44. The molecule has 0 fully saturated rings. The van der Waals surface area contributed by atoms with Crippen molar-refractivity contribution >= 4 is 26.8 Å². The average Bonchev–Trinajstić information content (AvgIpc) is 2.49. The van der Waals surface area contributed by atoms with Crippen molar-refractivity contribution in [2.24, 2.45) is 0 Å². The van der Waals surface area contributed by atoms with E-state index in [1.807, 2.05) is 37.3 Å². The number of rotatable bonds is 3. The summed E-state index contributed by atoms with van der Waals surface area (Å²) in [5.41, 5.74) is 2.60. The van der Waals surface area contributed by atoms with Gasteiger partial charge in [-0.15, -0.1) is 0 Å². The molecule has 0 saturated carbocycles. The zero-order chi connectivity index (χ0) is 14.8. The van der Waals surface area contributed by atoms with Crippen LogP contribution in [0.15, 0.2) is 53.0 Å². The van der Waals surface area contributed by atoms with Crippen LogP contribution in [-0.2, 0) is 6.61 Å². The van der Waals surface area contributed by atoms with Crippen LogP contribution in [0.5, 0.6) is 5.75 Å². The fraction of sp³-hybridized carbons (Fsp3) is 0.118. The second-order valence-corrected chi connectivity index (χ2v) is 5.57. The van der Waals surface area contributed by atoms with Crippen molar-refractivity contribution in [2.75, 3.05) is 0 Å². The smallest absolute Gasteiger partial charge is 0.145 e. The van der Waals surface area contributed by atoms with Crippen LogP contribution in [0.25, 0.3) is 10.9 Å². The second-order valence-electron chi connectivity index (χ2n) is 4.78. The first kappa shape index (κ1) is 14.0. The monoisotopic (exact) mass is 345 g/mol. The molecule has 0 radical (unpaired) electrons. The molecule has 0 spiro atoms. The SMILES string of the molecule is Cc1nc2ccc(F)cc2c(OCc2ccccc2)c1Br. The maximum atomic E-state index is 13.5. The maximum Gasteiger partial charge on any atom is 0.145 e. The Hall–Kier alpha value is -1.94. The number of aryl methyl sites for hydroxylation is 1. The highest BCUT2D eigenvalue weighted by molar-refractivity contribution is 9.10. The van der Waals surface area contributed by atoms with Crippen molar-refractivity contribution in [1.29, 1.82) is 0 Å². The number of aromatic nitrogens is 1. The molecule has 0 atom stereocenters. The van der Waals surface area contributed by atoms with Crippen LogP contribution >= 0.6 is 15.9 Å². The van der Waals surface area contributed by atoms with Crippen LogP contribution in [0.2, 0.25) is 0 Å². The summed E-state index contributed by atoms with van der Waals surface area (Å²) >= 11 is 3.49. The van der Waals surface area contributed by atoms with Crippen molar-refractivity contribution in [3.63, 3.8) is 0 Å². The Labute approximate surface area is 130 Å². The molecule has 21 heavy (non-hydrogen) atoms. The first-order valence-corrected chi connectivity index (χ1v) is 7.36. The molecule has 0 aliphatic heterocycles. The van der Waals surface area contributed by atoms with E-state index in [2.05, 4.69) is 20.9 Å². The molecule has 0 unspecified atom stereocenters. The number of halogens is 2. The van der Waals surface area contributed by atoms with E-state index in [1.54, 1.807) is 6.07 Å². The van der Waals surface area contributed by atoms with Crippen molar-refractivity contribution < 1.29 is 9.13 Å². The van der Waals surface area contributed by atoms with Gasteiger partial charge in [0.15, 0.2) is 0 Å². The summed E-state index contributed by atoms with van der Waals surface area (Å²) in [6.07, 6.45) is 0. The lowest BCUT2D eigenvalue weighted by atomic mass is 10.1. The molecule has 4 heteroatoms. The van der Waals surface area contributed by atoms with Crippen LogP contribution in [0.1, 0.15) is 11.3 Å². The summed E-state index contributed by atoms with van der Waals surface area (Å²) in [7, 11) is 0. The quantitative estimate of drug-likeness (QED) is 0.664. The van der Waals surface area contributed by atoms with Gasteiger partial charge in [0.05, 0.1) is 15.7 Å². The topological polar surface area (TPSA) is 22.1 Å². The standard InChI is InChI=1S/C17H13BrFNO/c1-11-16(18)17(21-10-12-5-3-2-4-6-12)14-9-13(19)7-8-15(14)20-11/h2-9H,10H2,1H3. The Morgan fingerprint density at radius 2 is 1.90 bits per heavy atom. The Morgan fingerprint density at radius 3 is 2.67 bits per heavy atom. The lowest BCUT2D eigenvalue weighted by molar-refractivity contribution is 0.307. The van der Waals surface area contributed by atoms with Crippen LogP contribution in [-0.4, -0.2) is 4.98 Å². The Bertz CT molecular complexity index is 790. The van der Waals surface area contributed by atoms with Crippen molar-refractivity contribution in [3.05, 3.63) is 70.1 Å². The molecular formula is C17H13BrFNO. The lowest BCUT2D eigenvalue weighted by Crippen LogP contribution is -1.99. The Kier molecular flexibility index (Phi) is 3.88. The first-order valence-electron chi connectivity index (χ1n) is 6.57. The van der Waals surface area contributed by atoms with Crippen LogP contribution in [0, 0.1) is 12.7 Å². The van der Waals surface area contributed by atoms with Gasteiger partial charge >= 0.3 is 0 Å². The van der Waals surface area contributed by atoms with Gasteiger partial charge in [-0.2, -0.15) is 0 Å². The van der Waals surface area contributed by atoms with Gasteiger partial charge < -0.3 is 4.74 Å². The van der Waals surface area contributed by atoms with E-state index in [9.17, 15) is 4.39 Å². The van der Waals surface area contributed by atoms with Gasteiger partial charge in [0, 0.05) is 5.39 Å². The Balaban J connectivity index is 2.03. The minimum atomic E-state index is -0.301. The molecule has 0 N–H and O–H groups in total. The third-order valence-corrected chi connectivity index (χ3v) is 4.17. The van der Waals surface area contributed by atoms with E-state index in [1.165, 1.54) is 12.1 Å². The van der Waals surface area contributed by atoms with E-state index >= 15 is 0 Å².